The predicted octanol–water partition coefficient (Wildman–Crippen LogP) is 1.09. The van der Waals surface area contributed by atoms with Gasteiger partial charge in [-0.1, -0.05) is 20.8 Å². The first-order chi connectivity index (χ1) is 10.6. The third-order valence-corrected chi connectivity index (χ3v) is 7.25. The lowest BCUT2D eigenvalue weighted by molar-refractivity contribution is -0.921. The quantitative estimate of drug-likeness (QED) is 0.297. The van der Waals surface area contributed by atoms with Crippen LogP contribution in [-0.4, -0.2) is 59.3 Å². The van der Waals surface area contributed by atoms with Crippen LogP contribution in [0.1, 0.15) is 60.8 Å². The maximum absolute atomic E-state index is 6.20. The second-order valence-corrected chi connectivity index (χ2v) is 8.72. The van der Waals surface area contributed by atoms with Crippen LogP contribution in [0.3, 0.4) is 0 Å². The molecule has 0 saturated heterocycles. The largest absolute Gasteiger partial charge is 1.00 e. The van der Waals surface area contributed by atoms with E-state index in [2.05, 4.69) is 41.5 Å². The van der Waals surface area contributed by atoms with Gasteiger partial charge in [-0.3, -0.25) is 0 Å². The number of halogens is 1. The standard InChI is InChI=1S/C17H40NO3Si.BrH/c1-7-14-19-22(20-15-8-2,21-16-9-3)17-13-18(10-4,11-5)12-6;/h7-17H2,1-6H3;1H/q+1;/p-1. The van der Waals surface area contributed by atoms with Gasteiger partial charge < -0.3 is 34.7 Å². The van der Waals surface area contributed by atoms with Gasteiger partial charge in [-0.05, 0) is 40.0 Å². The molecular weight excluding hydrogens is 374 g/mol. The predicted molar refractivity (Wildman–Crippen MR) is 96.0 cm³/mol. The molecular formula is C17H40BrNO3Si. The van der Waals surface area contributed by atoms with Crippen LogP contribution < -0.4 is 17.0 Å². The van der Waals surface area contributed by atoms with Crippen LogP contribution in [0, 0.1) is 0 Å². The monoisotopic (exact) mass is 413 g/mol. The summed E-state index contributed by atoms with van der Waals surface area (Å²) in [4.78, 5) is 0. The SMILES string of the molecule is CCCO[Si](CC[N+](CC)(CC)CC)(OCCC)OCCC.[Br-]. The van der Waals surface area contributed by atoms with Gasteiger partial charge in [0.25, 0.3) is 0 Å². The minimum absolute atomic E-state index is 0. The van der Waals surface area contributed by atoms with Crippen LogP contribution in [-0.2, 0) is 13.3 Å². The van der Waals surface area contributed by atoms with Crippen LogP contribution in [0.5, 0.6) is 0 Å². The van der Waals surface area contributed by atoms with E-state index >= 15 is 0 Å². The van der Waals surface area contributed by atoms with Gasteiger partial charge in [0.15, 0.2) is 0 Å². The van der Waals surface area contributed by atoms with E-state index in [1.165, 1.54) is 0 Å². The zero-order valence-corrected chi connectivity index (χ0v) is 18.9. The molecule has 0 rings (SSSR count). The molecule has 4 nitrogen and oxygen atoms in total. The molecule has 0 atom stereocenters. The van der Waals surface area contributed by atoms with Gasteiger partial charge in [-0.25, -0.2) is 0 Å². The number of rotatable bonds is 15. The van der Waals surface area contributed by atoms with E-state index in [0.717, 1.165) is 75.8 Å². The van der Waals surface area contributed by atoms with Crippen molar-refractivity contribution in [3.8, 4) is 0 Å². The minimum Gasteiger partial charge on any atom is -1.00 e. The summed E-state index contributed by atoms with van der Waals surface area (Å²) in [6.07, 6.45) is 3.03. The molecule has 6 heteroatoms. The highest BCUT2D eigenvalue weighted by atomic mass is 79.9. The summed E-state index contributed by atoms with van der Waals surface area (Å²) < 4.78 is 19.7. The molecule has 0 heterocycles. The number of hydrogen-bond donors (Lipinski definition) is 0. The van der Waals surface area contributed by atoms with Crippen molar-refractivity contribution in [2.24, 2.45) is 0 Å². The first-order valence-electron chi connectivity index (χ1n) is 9.34. The first-order valence-corrected chi connectivity index (χ1v) is 11.3. The third-order valence-electron chi connectivity index (χ3n) is 4.48. The van der Waals surface area contributed by atoms with E-state index in [0.29, 0.717) is 0 Å². The average molecular weight is 415 g/mol. The summed E-state index contributed by atoms with van der Waals surface area (Å²) in [6, 6.07) is 0.933. The molecule has 0 aliphatic heterocycles. The van der Waals surface area contributed by atoms with E-state index in [1.54, 1.807) is 0 Å². The summed E-state index contributed by atoms with van der Waals surface area (Å²) in [5, 5.41) is 0. The molecule has 0 fully saturated rings. The molecule has 0 amide bonds. The van der Waals surface area contributed by atoms with Gasteiger partial charge in [-0.2, -0.15) is 0 Å². The van der Waals surface area contributed by atoms with Crippen molar-refractivity contribution < 1.29 is 34.7 Å². The third kappa shape index (κ3) is 9.56. The molecule has 0 aromatic rings. The van der Waals surface area contributed by atoms with Crippen molar-refractivity contribution >= 4 is 8.80 Å². The fraction of sp³-hybridized carbons (Fsp3) is 1.00. The molecule has 0 aromatic heterocycles. The fourth-order valence-electron chi connectivity index (χ4n) is 2.63. The Morgan fingerprint density at radius 1 is 0.652 bits per heavy atom. The summed E-state index contributed by atoms with van der Waals surface area (Å²) in [5.41, 5.74) is 0. The zero-order chi connectivity index (χ0) is 16.9. The molecule has 0 spiro atoms. The molecule has 0 unspecified atom stereocenters. The van der Waals surface area contributed by atoms with Crippen molar-refractivity contribution in [3.05, 3.63) is 0 Å². The molecule has 0 saturated carbocycles. The number of nitrogens with zero attached hydrogens (tertiary/aromatic N) is 1. The molecule has 0 N–H and O–H groups in total. The van der Waals surface area contributed by atoms with Crippen molar-refractivity contribution in [3.63, 3.8) is 0 Å². The number of quaternary nitrogens is 1. The summed E-state index contributed by atoms with van der Waals surface area (Å²) in [5.74, 6) is 0. The van der Waals surface area contributed by atoms with Crippen molar-refractivity contribution in [1.29, 1.82) is 0 Å². The summed E-state index contributed by atoms with van der Waals surface area (Å²) >= 11 is 0. The highest BCUT2D eigenvalue weighted by Crippen LogP contribution is 2.21. The van der Waals surface area contributed by atoms with Gasteiger partial charge >= 0.3 is 8.80 Å². The second kappa shape index (κ2) is 14.8. The van der Waals surface area contributed by atoms with Crippen molar-refractivity contribution in [1.82, 2.24) is 0 Å². The maximum atomic E-state index is 6.20. The van der Waals surface area contributed by atoms with Crippen molar-refractivity contribution in [2.45, 2.75) is 66.8 Å². The lowest BCUT2D eigenvalue weighted by Gasteiger charge is -2.38. The molecule has 0 bridgehead atoms. The topological polar surface area (TPSA) is 27.7 Å². The Bertz CT molecular complexity index is 236. The summed E-state index contributed by atoms with van der Waals surface area (Å²) in [6.45, 7) is 20.1. The normalized spacial score (nSPS) is 12.3. The smallest absolute Gasteiger partial charge is 0.506 e. The minimum atomic E-state index is -2.53. The Labute approximate surface area is 156 Å². The Kier molecular flexibility index (Phi) is 16.6. The Balaban J connectivity index is 0. The molecule has 142 valence electrons. The lowest BCUT2D eigenvalue weighted by Crippen LogP contribution is -3.00. The van der Waals surface area contributed by atoms with E-state index in [1.807, 2.05) is 0 Å². The number of hydrogen-bond acceptors (Lipinski definition) is 3. The van der Waals surface area contributed by atoms with Crippen molar-refractivity contribution in [2.75, 3.05) is 46.0 Å². The Hall–Kier alpha value is 0.537. The average Bonchev–Trinajstić information content (AvgIpc) is 2.57. The van der Waals surface area contributed by atoms with E-state index < -0.39 is 8.80 Å². The van der Waals surface area contributed by atoms with Gasteiger partial charge in [0, 0.05) is 19.8 Å². The highest BCUT2D eigenvalue weighted by Gasteiger charge is 2.43. The maximum Gasteiger partial charge on any atom is 0.506 e. The summed E-state index contributed by atoms with van der Waals surface area (Å²) in [7, 11) is -2.53. The van der Waals surface area contributed by atoms with E-state index in [9.17, 15) is 0 Å². The van der Waals surface area contributed by atoms with Crippen LogP contribution in [0.4, 0.5) is 0 Å². The van der Waals surface area contributed by atoms with Gasteiger partial charge in [-0.15, -0.1) is 0 Å². The van der Waals surface area contributed by atoms with Gasteiger partial charge in [0.2, 0.25) is 0 Å². The Morgan fingerprint density at radius 2 is 1.00 bits per heavy atom. The molecule has 23 heavy (non-hydrogen) atoms. The Morgan fingerprint density at radius 3 is 1.26 bits per heavy atom. The van der Waals surface area contributed by atoms with E-state index in [4.69, 9.17) is 13.3 Å². The molecule has 0 radical (unpaired) electrons. The molecule has 0 aliphatic rings. The zero-order valence-electron chi connectivity index (χ0n) is 16.3. The van der Waals surface area contributed by atoms with E-state index in [-0.39, 0.29) is 17.0 Å². The first kappa shape index (κ1) is 25.8. The molecule has 0 aromatic carbocycles. The lowest BCUT2D eigenvalue weighted by atomic mass is 10.3. The van der Waals surface area contributed by atoms with Gasteiger partial charge in [0.05, 0.1) is 32.2 Å². The van der Waals surface area contributed by atoms with Crippen LogP contribution in [0.25, 0.3) is 0 Å². The van der Waals surface area contributed by atoms with Crippen LogP contribution in [0.2, 0.25) is 6.04 Å². The van der Waals surface area contributed by atoms with Crippen LogP contribution in [0.15, 0.2) is 0 Å². The molecule has 0 aliphatic carbocycles. The van der Waals surface area contributed by atoms with Gasteiger partial charge in [0.1, 0.15) is 0 Å². The second-order valence-electron chi connectivity index (χ2n) is 5.99. The fourth-order valence-corrected chi connectivity index (χ4v) is 5.61. The van der Waals surface area contributed by atoms with Crippen LogP contribution >= 0.6 is 0 Å². The highest BCUT2D eigenvalue weighted by molar-refractivity contribution is 6.60.